The predicted molar refractivity (Wildman–Crippen MR) is 99.4 cm³/mol. The lowest BCUT2D eigenvalue weighted by molar-refractivity contribution is -0.116. The second kappa shape index (κ2) is 6.26. The van der Waals surface area contributed by atoms with Crippen molar-refractivity contribution in [2.24, 2.45) is 5.92 Å². The summed E-state index contributed by atoms with van der Waals surface area (Å²) in [5.74, 6) is 0.596. The van der Waals surface area contributed by atoms with Gasteiger partial charge in [-0.3, -0.25) is 14.9 Å². The lowest BCUT2D eigenvalue weighted by Gasteiger charge is -2.15. The van der Waals surface area contributed by atoms with Gasteiger partial charge in [0.2, 0.25) is 5.91 Å². The third-order valence-electron chi connectivity index (χ3n) is 5.02. The number of carbonyl (C=O) groups excluding carboxylic acids is 2. The van der Waals surface area contributed by atoms with Crippen molar-refractivity contribution in [2.45, 2.75) is 39.5 Å². The molecule has 1 atom stereocenters. The van der Waals surface area contributed by atoms with Crippen LogP contribution in [-0.2, 0) is 24.1 Å². The Balaban J connectivity index is 1.52. The van der Waals surface area contributed by atoms with Crippen LogP contribution in [0.3, 0.4) is 0 Å². The summed E-state index contributed by atoms with van der Waals surface area (Å²) in [5, 5.41) is 3.63. The van der Waals surface area contributed by atoms with Crippen LogP contribution in [0.5, 0.6) is 0 Å². The minimum Gasteiger partial charge on any atom is -0.312 e. The number of rotatable bonds is 2. The standard InChI is InChI=1S/C19H21N3O2S/c1-11-3-5-15-17(9-11)25-19(20-15)21-18(24)14-4-6-16-13(10-14)7-8-22(16)12(2)23/h4,6,10-11H,3,5,7-9H2,1-2H3,(H,20,21,24)/t11-/m0/s1. The third kappa shape index (κ3) is 3.06. The summed E-state index contributed by atoms with van der Waals surface area (Å²) in [7, 11) is 0. The van der Waals surface area contributed by atoms with Gasteiger partial charge in [0.1, 0.15) is 0 Å². The molecule has 0 saturated heterocycles. The van der Waals surface area contributed by atoms with E-state index in [1.165, 1.54) is 11.3 Å². The summed E-state index contributed by atoms with van der Waals surface area (Å²) >= 11 is 1.60. The van der Waals surface area contributed by atoms with E-state index in [0.717, 1.165) is 36.2 Å². The van der Waals surface area contributed by atoms with E-state index in [0.29, 0.717) is 23.2 Å². The van der Waals surface area contributed by atoms with Crippen molar-refractivity contribution in [3.63, 3.8) is 0 Å². The minimum absolute atomic E-state index is 0.0403. The van der Waals surface area contributed by atoms with Gasteiger partial charge in [0.25, 0.3) is 5.91 Å². The predicted octanol–water partition coefficient (Wildman–Crippen LogP) is 3.43. The molecule has 25 heavy (non-hydrogen) atoms. The number of benzene rings is 1. The number of thiazole rings is 1. The number of anilines is 2. The van der Waals surface area contributed by atoms with Crippen LogP contribution in [0.15, 0.2) is 18.2 Å². The monoisotopic (exact) mass is 355 g/mol. The van der Waals surface area contributed by atoms with Gasteiger partial charge < -0.3 is 4.90 Å². The average Bonchev–Trinajstić information content (AvgIpc) is 3.16. The first-order valence-electron chi connectivity index (χ1n) is 8.72. The molecule has 1 aliphatic heterocycles. The molecule has 2 amide bonds. The Morgan fingerprint density at radius 1 is 1.32 bits per heavy atom. The Morgan fingerprint density at radius 3 is 2.96 bits per heavy atom. The number of nitrogens with one attached hydrogen (secondary N) is 1. The summed E-state index contributed by atoms with van der Waals surface area (Å²) in [5.41, 5.74) is 3.73. The molecule has 2 heterocycles. The van der Waals surface area contributed by atoms with Crippen molar-refractivity contribution in [3.05, 3.63) is 39.9 Å². The van der Waals surface area contributed by atoms with E-state index in [-0.39, 0.29) is 11.8 Å². The van der Waals surface area contributed by atoms with Crippen LogP contribution in [0.25, 0.3) is 0 Å². The fraction of sp³-hybridized carbons (Fsp3) is 0.421. The van der Waals surface area contributed by atoms with Crippen LogP contribution >= 0.6 is 11.3 Å². The van der Waals surface area contributed by atoms with Crippen molar-refractivity contribution in [1.82, 2.24) is 4.98 Å². The van der Waals surface area contributed by atoms with Gasteiger partial charge in [0.05, 0.1) is 5.69 Å². The van der Waals surface area contributed by atoms with Crippen LogP contribution < -0.4 is 10.2 Å². The molecule has 1 aromatic heterocycles. The van der Waals surface area contributed by atoms with Gasteiger partial charge in [-0.15, -0.1) is 11.3 Å². The van der Waals surface area contributed by atoms with E-state index in [1.54, 1.807) is 29.2 Å². The molecule has 1 aliphatic carbocycles. The molecule has 5 nitrogen and oxygen atoms in total. The van der Waals surface area contributed by atoms with Gasteiger partial charge in [-0.05, 0) is 55.4 Å². The van der Waals surface area contributed by atoms with E-state index in [1.807, 2.05) is 12.1 Å². The maximum Gasteiger partial charge on any atom is 0.257 e. The second-order valence-electron chi connectivity index (χ2n) is 6.96. The number of amides is 2. The van der Waals surface area contributed by atoms with E-state index < -0.39 is 0 Å². The van der Waals surface area contributed by atoms with E-state index in [9.17, 15) is 9.59 Å². The molecule has 0 unspecified atom stereocenters. The highest BCUT2D eigenvalue weighted by Crippen LogP contribution is 2.33. The number of aryl methyl sites for hydroxylation is 1. The van der Waals surface area contributed by atoms with Gasteiger partial charge in [-0.25, -0.2) is 4.98 Å². The molecule has 2 aromatic rings. The molecule has 0 fully saturated rings. The number of hydrogen-bond donors (Lipinski definition) is 1. The summed E-state index contributed by atoms with van der Waals surface area (Å²) in [6.45, 7) is 4.52. The quantitative estimate of drug-likeness (QED) is 0.898. The van der Waals surface area contributed by atoms with Crippen LogP contribution in [0.4, 0.5) is 10.8 Å². The minimum atomic E-state index is -0.136. The zero-order valence-electron chi connectivity index (χ0n) is 14.5. The molecule has 0 saturated carbocycles. The van der Waals surface area contributed by atoms with Gasteiger partial charge in [0.15, 0.2) is 5.13 Å². The SMILES string of the molecule is CC(=O)N1CCc2cc(C(=O)Nc3nc4c(s3)C[C@@H](C)CC4)ccc21. The van der Waals surface area contributed by atoms with E-state index >= 15 is 0 Å². The molecule has 1 aromatic carbocycles. The van der Waals surface area contributed by atoms with Crippen LogP contribution in [0, 0.1) is 5.92 Å². The molecule has 0 spiro atoms. The van der Waals surface area contributed by atoms with Crippen LogP contribution in [0.1, 0.15) is 46.8 Å². The summed E-state index contributed by atoms with van der Waals surface area (Å²) < 4.78 is 0. The summed E-state index contributed by atoms with van der Waals surface area (Å²) in [6, 6.07) is 5.54. The Kier molecular flexibility index (Phi) is 4.07. The van der Waals surface area contributed by atoms with Crippen LogP contribution in [0.2, 0.25) is 0 Å². The van der Waals surface area contributed by atoms with Crippen molar-refractivity contribution >= 4 is 34.0 Å². The highest BCUT2D eigenvalue weighted by Gasteiger charge is 2.24. The first-order valence-corrected chi connectivity index (χ1v) is 9.54. The lowest BCUT2D eigenvalue weighted by Crippen LogP contribution is -2.25. The van der Waals surface area contributed by atoms with Crippen molar-refractivity contribution in [2.75, 3.05) is 16.8 Å². The Labute approximate surface area is 151 Å². The van der Waals surface area contributed by atoms with Gasteiger partial charge in [0, 0.05) is 29.6 Å². The molecule has 2 aliphatic rings. The van der Waals surface area contributed by atoms with E-state index in [2.05, 4.69) is 17.2 Å². The molecule has 4 rings (SSSR count). The molecular formula is C19H21N3O2S. The highest BCUT2D eigenvalue weighted by molar-refractivity contribution is 7.15. The fourth-order valence-electron chi connectivity index (χ4n) is 3.63. The van der Waals surface area contributed by atoms with Gasteiger partial charge in [-0.2, -0.15) is 0 Å². The van der Waals surface area contributed by atoms with Crippen molar-refractivity contribution < 1.29 is 9.59 Å². The highest BCUT2D eigenvalue weighted by atomic mass is 32.1. The average molecular weight is 355 g/mol. The Morgan fingerprint density at radius 2 is 2.16 bits per heavy atom. The second-order valence-corrected chi connectivity index (χ2v) is 8.04. The normalized spacial score (nSPS) is 18.6. The maximum absolute atomic E-state index is 12.6. The van der Waals surface area contributed by atoms with Crippen molar-refractivity contribution in [3.8, 4) is 0 Å². The molecule has 130 valence electrons. The third-order valence-corrected chi connectivity index (χ3v) is 6.06. The Bertz CT molecular complexity index is 858. The number of nitrogens with zero attached hydrogens (tertiary/aromatic N) is 2. The maximum atomic E-state index is 12.6. The Hall–Kier alpha value is -2.21. The zero-order chi connectivity index (χ0) is 17.6. The number of fused-ring (bicyclic) bond motifs is 2. The summed E-state index contributed by atoms with van der Waals surface area (Å²) in [6.07, 6.45) is 4.02. The van der Waals surface area contributed by atoms with E-state index in [4.69, 9.17) is 0 Å². The molecule has 0 radical (unpaired) electrons. The number of carbonyl (C=O) groups is 2. The zero-order valence-corrected chi connectivity index (χ0v) is 15.3. The topological polar surface area (TPSA) is 62.3 Å². The van der Waals surface area contributed by atoms with Gasteiger partial charge in [-0.1, -0.05) is 6.92 Å². The molecular weight excluding hydrogens is 334 g/mol. The van der Waals surface area contributed by atoms with Gasteiger partial charge >= 0.3 is 0 Å². The first kappa shape index (κ1) is 16.3. The molecule has 0 bridgehead atoms. The molecule has 1 N–H and O–H groups in total. The molecule has 6 heteroatoms. The fourth-order valence-corrected chi connectivity index (χ4v) is 4.80. The summed E-state index contributed by atoms with van der Waals surface area (Å²) in [4.78, 5) is 31.9. The lowest BCUT2D eigenvalue weighted by atomic mass is 9.93. The first-order chi connectivity index (χ1) is 12.0. The van der Waals surface area contributed by atoms with Crippen LogP contribution in [-0.4, -0.2) is 23.3 Å². The number of aromatic nitrogens is 1. The van der Waals surface area contributed by atoms with Crippen molar-refractivity contribution in [1.29, 1.82) is 0 Å². The smallest absolute Gasteiger partial charge is 0.257 e. The number of hydrogen-bond acceptors (Lipinski definition) is 4. The largest absolute Gasteiger partial charge is 0.312 e.